The van der Waals surface area contributed by atoms with Crippen LogP contribution in [-0.4, -0.2) is 80.2 Å². The van der Waals surface area contributed by atoms with Crippen molar-refractivity contribution in [2.24, 2.45) is 0 Å². The van der Waals surface area contributed by atoms with Crippen LogP contribution in [-0.2, 0) is 14.3 Å². The fraction of sp³-hybridized carbons (Fsp3) is 0.429. The lowest BCUT2D eigenvalue weighted by atomic mass is 9.93. The van der Waals surface area contributed by atoms with Crippen LogP contribution in [0.2, 0.25) is 0 Å². The minimum absolute atomic E-state index is 0.0755. The molecule has 2 aliphatic heterocycles. The topological polar surface area (TPSA) is 88.5 Å². The van der Waals surface area contributed by atoms with Crippen molar-refractivity contribution >= 4 is 17.4 Å². The van der Waals surface area contributed by atoms with Crippen molar-refractivity contribution in [2.75, 3.05) is 53.6 Å². The van der Waals surface area contributed by atoms with Crippen molar-refractivity contribution < 1.29 is 28.9 Å². The highest BCUT2D eigenvalue weighted by Gasteiger charge is 2.46. The Kier molecular flexibility index (Phi) is 7.96. The molecule has 2 aliphatic rings. The highest BCUT2D eigenvalue weighted by Crippen LogP contribution is 2.40. The predicted molar refractivity (Wildman–Crippen MR) is 136 cm³/mol. The third-order valence-corrected chi connectivity index (χ3v) is 6.88. The van der Waals surface area contributed by atoms with E-state index < -0.39 is 17.7 Å². The number of carbonyl (C=O) groups excluding carboxylic acids is 2. The molecule has 192 valence electrons. The van der Waals surface area contributed by atoms with E-state index in [1.54, 1.807) is 23.1 Å². The second-order valence-electron chi connectivity index (χ2n) is 9.34. The maximum atomic E-state index is 13.3. The molecule has 1 amide bonds. The molecule has 0 bridgehead atoms. The van der Waals surface area contributed by atoms with Gasteiger partial charge in [0.05, 0.1) is 39.0 Å². The van der Waals surface area contributed by atoms with Crippen molar-refractivity contribution in [3.63, 3.8) is 0 Å². The van der Waals surface area contributed by atoms with E-state index in [9.17, 15) is 14.7 Å². The van der Waals surface area contributed by atoms with E-state index in [4.69, 9.17) is 14.2 Å². The smallest absolute Gasteiger partial charge is 0.295 e. The van der Waals surface area contributed by atoms with Crippen LogP contribution in [0.4, 0.5) is 0 Å². The Morgan fingerprint density at radius 1 is 1.00 bits per heavy atom. The van der Waals surface area contributed by atoms with Crippen molar-refractivity contribution in [2.45, 2.75) is 25.8 Å². The number of carbonyl (C=O) groups is 2. The van der Waals surface area contributed by atoms with Gasteiger partial charge in [0, 0.05) is 31.7 Å². The van der Waals surface area contributed by atoms with Gasteiger partial charge in [0.2, 0.25) is 0 Å². The number of hydrogen-bond acceptors (Lipinski definition) is 7. The Morgan fingerprint density at radius 3 is 2.28 bits per heavy atom. The molecule has 36 heavy (non-hydrogen) atoms. The third kappa shape index (κ3) is 5.10. The molecule has 0 unspecified atom stereocenters. The summed E-state index contributed by atoms with van der Waals surface area (Å²) < 4.78 is 16.1. The van der Waals surface area contributed by atoms with Gasteiger partial charge in [0.25, 0.3) is 11.7 Å². The summed E-state index contributed by atoms with van der Waals surface area (Å²) >= 11 is 0. The summed E-state index contributed by atoms with van der Waals surface area (Å²) in [6, 6.07) is 12.1. The summed E-state index contributed by atoms with van der Waals surface area (Å²) in [5, 5.41) is 11.4. The van der Waals surface area contributed by atoms with Gasteiger partial charge in [-0.05, 0) is 35.2 Å². The maximum Gasteiger partial charge on any atom is 0.295 e. The Balaban J connectivity index is 1.76. The minimum atomic E-state index is -0.694. The molecule has 8 heteroatoms. The molecule has 4 rings (SSSR count). The molecule has 0 radical (unpaired) electrons. The number of ketones is 1. The largest absolute Gasteiger partial charge is 0.507 e. The average molecular weight is 495 g/mol. The highest BCUT2D eigenvalue weighted by atomic mass is 16.5. The summed E-state index contributed by atoms with van der Waals surface area (Å²) in [6.45, 7) is 8.07. The van der Waals surface area contributed by atoms with Crippen molar-refractivity contribution in [1.29, 1.82) is 0 Å². The number of methoxy groups -OCH3 is 2. The average Bonchev–Trinajstić information content (AvgIpc) is 3.16. The fourth-order valence-electron chi connectivity index (χ4n) is 4.73. The minimum Gasteiger partial charge on any atom is -0.507 e. The van der Waals surface area contributed by atoms with Crippen molar-refractivity contribution in [3.8, 4) is 11.5 Å². The maximum absolute atomic E-state index is 13.3. The first-order valence-corrected chi connectivity index (χ1v) is 12.3. The quantitative estimate of drug-likeness (QED) is 0.341. The zero-order valence-electron chi connectivity index (χ0n) is 21.3. The van der Waals surface area contributed by atoms with Gasteiger partial charge >= 0.3 is 0 Å². The zero-order chi connectivity index (χ0) is 25.8. The van der Waals surface area contributed by atoms with E-state index in [0.29, 0.717) is 49.3 Å². The Labute approximate surface area is 212 Å². The van der Waals surface area contributed by atoms with Crippen LogP contribution in [0, 0.1) is 0 Å². The van der Waals surface area contributed by atoms with Crippen LogP contribution in [0.25, 0.3) is 5.76 Å². The number of aliphatic hydroxyl groups excluding tert-OH is 1. The van der Waals surface area contributed by atoms with Gasteiger partial charge in [-0.2, -0.15) is 0 Å². The van der Waals surface area contributed by atoms with E-state index in [-0.39, 0.29) is 11.3 Å². The summed E-state index contributed by atoms with van der Waals surface area (Å²) in [4.78, 5) is 30.4. The number of aliphatic hydroxyl groups is 1. The second-order valence-corrected chi connectivity index (χ2v) is 9.34. The number of hydrogen-bond donors (Lipinski definition) is 1. The third-order valence-electron chi connectivity index (χ3n) is 6.88. The zero-order valence-corrected chi connectivity index (χ0v) is 21.3. The number of Topliss-reactive ketones (excluding diaryl/α,β-unsaturated/α-hetero) is 1. The van der Waals surface area contributed by atoms with E-state index >= 15 is 0 Å². The number of rotatable bonds is 8. The molecule has 2 fully saturated rings. The van der Waals surface area contributed by atoms with E-state index in [0.717, 1.165) is 24.2 Å². The standard InChI is InChI=1S/C28H34N2O6/c1-18(2)19-5-7-20(8-6-19)25-24(26(31)21-9-10-22(34-3)23(17-21)35-4)27(32)28(33)30(25)12-11-29-13-15-36-16-14-29/h5-10,17-18,25,31H,11-16H2,1-4H3/t25-/m0/s1. The van der Waals surface area contributed by atoms with Gasteiger partial charge in [-0.25, -0.2) is 0 Å². The molecule has 8 nitrogen and oxygen atoms in total. The molecule has 0 saturated carbocycles. The molecule has 1 atom stereocenters. The molecule has 2 heterocycles. The monoisotopic (exact) mass is 494 g/mol. The lowest BCUT2D eigenvalue weighted by Crippen LogP contribution is -2.42. The van der Waals surface area contributed by atoms with Crippen LogP contribution in [0.3, 0.4) is 0 Å². The lowest BCUT2D eigenvalue weighted by molar-refractivity contribution is -0.140. The fourth-order valence-corrected chi connectivity index (χ4v) is 4.73. The first-order chi connectivity index (χ1) is 17.3. The van der Waals surface area contributed by atoms with Crippen LogP contribution < -0.4 is 9.47 Å². The van der Waals surface area contributed by atoms with Gasteiger partial charge in [-0.1, -0.05) is 38.1 Å². The molecule has 2 aromatic carbocycles. The molecular formula is C28H34N2O6. The van der Waals surface area contributed by atoms with Crippen molar-refractivity contribution in [3.05, 3.63) is 64.7 Å². The molecular weight excluding hydrogens is 460 g/mol. The summed E-state index contributed by atoms with van der Waals surface area (Å²) in [7, 11) is 3.03. The van der Waals surface area contributed by atoms with Crippen LogP contribution in [0.1, 0.15) is 42.5 Å². The number of likely N-dealkylation sites (tertiary alicyclic amines) is 1. The molecule has 0 aromatic heterocycles. The Bertz CT molecular complexity index is 1140. The predicted octanol–water partition coefficient (Wildman–Crippen LogP) is 3.58. The first kappa shape index (κ1) is 25.7. The first-order valence-electron chi connectivity index (χ1n) is 12.3. The second kappa shape index (κ2) is 11.1. The lowest BCUT2D eigenvalue weighted by Gasteiger charge is -2.31. The van der Waals surface area contributed by atoms with Gasteiger partial charge in [-0.3, -0.25) is 14.5 Å². The summed E-state index contributed by atoms with van der Waals surface area (Å²) in [6.07, 6.45) is 0. The van der Waals surface area contributed by atoms with E-state index in [1.165, 1.54) is 14.2 Å². The van der Waals surface area contributed by atoms with E-state index in [1.807, 2.05) is 24.3 Å². The molecule has 2 aromatic rings. The molecule has 2 saturated heterocycles. The van der Waals surface area contributed by atoms with E-state index in [2.05, 4.69) is 18.7 Å². The molecule has 0 aliphatic carbocycles. The highest BCUT2D eigenvalue weighted by molar-refractivity contribution is 6.46. The normalized spacial score (nSPS) is 20.2. The Morgan fingerprint density at radius 2 is 1.67 bits per heavy atom. The van der Waals surface area contributed by atoms with Gasteiger partial charge in [-0.15, -0.1) is 0 Å². The van der Waals surface area contributed by atoms with Crippen LogP contribution in [0.5, 0.6) is 11.5 Å². The van der Waals surface area contributed by atoms with Crippen molar-refractivity contribution in [1.82, 2.24) is 9.80 Å². The summed E-state index contributed by atoms with van der Waals surface area (Å²) in [5.41, 5.74) is 2.39. The number of nitrogens with zero attached hydrogens (tertiary/aromatic N) is 2. The van der Waals surface area contributed by atoms with Gasteiger partial charge in [0.1, 0.15) is 5.76 Å². The SMILES string of the molecule is COc1ccc(C(O)=C2C(=O)C(=O)N(CCN3CCOCC3)[C@H]2c2ccc(C(C)C)cc2)cc1OC. The van der Waals surface area contributed by atoms with Crippen LogP contribution >= 0.6 is 0 Å². The van der Waals surface area contributed by atoms with Gasteiger partial charge in [0.15, 0.2) is 11.5 Å². The number of ether oxygens (including phenoxy) is 3. The molecule has 0 spiro atoms. The summed E-state index contributed by atoms with van der Waals surface area (Å²) in [5.74, 6) is -0.271. The molecule has 1 N–H and O–H groups in total. The number of morpholine rings is 1. The number of benzene rings is 2. The Hall–Kier alpha value is -3.36. The van der Waals surface area contributed by atoms with Gasteiger partial charge < -0.3 is 24.2 Å². The number of amides is 1. The van der Waals surface area contributed by atoms with Crippen LogP contribution in [0.15, 0.2) is 48.0 Å².